The molecule has 6 nitrogen and oxygen atoms in total. The average molecular weight is 869 g/mol. The topological polar surface area (TPSA) is 78.9 Å². The molecule has 4 atom stereocenters. The molecule has 0 aromatic rings. The minimum Gasteiger partial charge on any atom is -0.459 e. The molecule has 0 spiro atoms. The summed E-state index contributed by atoms with van der Waals surface area (Å²) in [5.74, 6) is 28.3. The maximum Gasteiger partial charge on any atom is 0.384 e. The van der Waals surface area contributed by atoms with Crippen molar-refractivity contribution < 1.29 is 28.6 Å². The van der Waals surface area contributed by atoms with Gasteiger partial charge in [-0.25, -0.2) is 14.4 Å². The largest absolute Gasteiger partial charge is 0.459 e. The van der Waals surface area contributed by atoms with Gasteiger partial charge in [-0.3, -0.25) is 0 Å². The molecule has 352 valence electrons. The summed E-state index contributed by atoms with van der Waals surface area (Å²) in [6.45, 7) is 15.7. The number of hydrogen-bond donors (Lipinski definition) is 0. The van der Waals surface area contributed by atoms with E-state index in [4.69, 9.17) is 11.2 Å². The lowest BCUT2D eigenvalue weighted by molar-refractivity contribution is -0.136. The van der Waals surface area contributed by atoms with Crippen LogP contribution in [0.15, 0.2) is 0 Å². The number of esters is 3. The van der Waals surface area contributed by atoms with Crippen molar-refractivity contribution in [3.05, 3.63) is 0 Å². The van der Waals surface area contributed by atoms with Crippen LogP contribution in [0.5, 0.6) is 0 Å². The van der Waals surface area contributed by atoms with E-state index in [1.54, 1.807) is 6.92 Å². The number of carbonyl (C=O) groups excluding carboxylic acids is 3. The Morgan fingerprint density at radius 1 is 0.460 bits per heavy atom. The SMILES string of the molecule is C#CC1CCC(C2CCCCC2)CC1.CCOC(=O)C#CC1C(C)CC(C)CC1C.COC(=O)C#CC1C(C)CC(C)CC1C.COC(=O)C#CC1CCC(C2CCCCC2)CC1. The predicted octanol–water partition coefficient (Wildman–Crippen LogP) is 12.9. The fraction of sp³-hybridized carbons (Fsp3) is 0.807. The number of methoxy groups -OCH3 is 2. The van der Waals surface area contributed by atoms with Gasteiger partial charge in [-0.2, -0.15) is 0 Å². The van der Waals surface area contributed by atoms with Gasteiger partial charge < -0.3 is 14.2 Å². The molecule has 0 bridgehead atoms. The molecule has 6 saturated carbocycles. The van der Waals surface area contributed by atoms with E-state index in [-0.39, 0.29) is 5.97 Å². The van der Waals surface area contributed by atoms with E-state index < -0.39 is 11.9 Å². The Labute approximate surface area is 386 Å². The lowest BCUT2D eigenvalue weighted by Gasteiger charge is -2.34. The highest BCUT2D eigenvalue weighted by Crippen LogP contribution is 2.42. The second-order valence-corrected chi connectivity index (χ2v) is 20.8. The van der Waals surface area contributed by atoms with Gasteiger partial charge in [0.25, 0.3) is 0 Å². The van der Waals surface area contributed by atoms with Crippen LogP contribution >= 0.6 is 0 Å². The highest BCUT2D eigenvalue weighted by Gasteiger charge is 2.32. The molecule has 0 N–H and O–H groups in total. The first-order valence-corrected chi connectivity index (χ1v) is 25.6. The summed E-state index contributed by atoms with van der Waals surface area (Å²) >= 11 is 0. The van der Waals surface area contributed by atoms with Gasteiger partial charge in [0.1, 0.15) is 0 Å². The van der Waals surface area contributed by atoms with Crippen molar-refractivity contribution in [3.8, 4) is 47.9 Å². The molecule has 63 heavy (non-hydrogen) atoms. The molecule has 0 aliphatic heterocycles. The van der Waals surface area contributed by atoms with Crippen LogP contribution in [-0.2, 0) is 28.6 Å². The van der Waals surface area contributed by atoms with Gasteiger partial charge in [-0.15, -0.1) is 12.3 Å². The molecular weight excluding hydrogens is 781 g/mol. The maximum atomic E-state index is 11.2. The van der Waals surface area contributed by atoms with Crippen molar-refractivity contribution in [1.82, 2.24) is 0 Å². The summed E-state index contributed by atoms with van der Waals surface area (Å²) in [6.07, 6.45) is 35.4. The second kappa shape index (κ2) is 30.0. The Morgan fingerprint density at radius 2 is 0.794 bits per heavy atom. The zero-order valence-electron chi connectivity index (χ0n) is 41.4. The van der Waals surface area contributed by atoms with Crippen molar-refractivity contribution in [3.63, 3.8) is 0 Å². The highest BCUT2D eigenvalue weighted by molar-refractivity contribution is 5.89. The van der Waals surface area contributed by atoms with E-state index >= 15 is 0 Å². The first-order valence-electron chi connectivity index (χ1n) is 25.6. The molecule has 6 fully saturated rings. The molecule has 6 heteroatoms. The molecule has 0 saturated heterocycles. The average Bonchev–Trinajstić information content (AvgIpc) is 3.29. The quantitative estimate of drug-likeness (QED) is 0.122. The summed E-state index contributed by atoms with van der Waals surface area (Å²) in [4.78, 5) is 33.1. The Morgan fingerprint density at radius 3 is 1.14 bits per heavy atom. The van der Waals surface area contributed by atoms with E-state index in [2.05, 4.69) is 92.5 Å². The third kappa shape index (κ3) is 20.1. The van der Waals surface area contributed by atoms with E-state index in [1.807, 2.05) is 0 Å². The molecule has 0 radical (unpaired) electrons. The van der Waals surface area contributed by atoms with E-state index in [9.17, 15) is 14.4 Å². The van der Waals surface area contributed by atoms with Crippen LogP contribution in [0.3, 0.4) is 0 Å². The predicted molar refractivity (Wildman–Crippen MR) is 257 cm³/mol. The van der Waals surface area contributed by atoms with Gasteiger partial charge in [-0.05, 0) is 143 Å². The molecule has 0 aromatic heterocycles. The molecular formula is C57H88O6. The van der Waals surface area contributed by atoms with Crippen LogP contribution in [-0.4, -0.2) is 38.7 Å². The van der Waals surface area contributed by atoms with Crippen molar-refractivity contribution >= 4 is 17.9 Å². The summed E-state index contributed by atoms with van der Waals surface area (Å²) in [7, 11) is 2.75. The van der Waals surface area contributed by atoms with Crippen molar-refractivity contribution in [1.29, 1.82) is 0 Å². The van der Waals surface area contributed by atoms with Crippen LogP contribution in [0.4, 0.5) is 0 Å². The number of carbonyl (C=O) groups is 3. The highest BCUT2D eigenvalue weighted by atomic mass is 16.5. The van der Waals surface area contributed by atoms with Gasteiger partial charge >= 0.3 is 17.9 Å². The summed E-state index contributed by atoms with van der Waals surface area (Å²) in [5, 5.41) is 0. The Kier molecular flexibility index (Phi) is 25.7. The van der Waals surface area contributed by atoms with Gasteiger partial charge in [0.15, 0.2) is 0 Å². The molecule has 0 aromatic carbocycles. The molecule has 4 unspecified atom stereocenters. The third-order valence-corrected chi connectivity index (χ3v) is 15.7. The fourth-order valence-corrected chi connectivity index (χ4v) is 12.4. The maximum absolute atomic E-state index is 11.2. The number of hydrogen-bond acceptors (Lipinski definition) is 6. The molecule has 6 aliphatic rings. The second-order valence-electron chi connectivity index (χ2n) is 20.8. The van der Waals surface area contributed by atoms with Gasteiger partial charge in [0, 0.05) is 41.4 Å². The summed E-state index contributed by atoms with van der Waals surface area (Å²) in [6, 6.07) is 0. The number of rotatable bonds is 3. The number of ether oxygens (including phenoxy) is 3. The Hall–Kier alpha value is -3.35. The van der Waals surface area contributed by atoms with E-state index in [0.29, 0.717) is 54.0 Å². The lowest BCUT2D eigenvalue weighted by Crippen LogP contribution is -2.27. The Balaban J connectivity index is 0.000000224. The van der Waals surface area contributed by atoms with E-state index in [1.165, 1.54) is 155 Å². The van der Waals surface area contributed by atoms with E-state index in [0.717, 1.165) is 35.5 Å². The fourth-order valence-electron chi connectivity index (χ4n) is 12.4. The van der Waals surface area contributed by atoms with Crippen LogP contribution in [0.2, 0.25) is 0 Å². The molecule has 0 heterocycles. The van der Waals surface area contributed by atoms with Crippen molar-refractivity contribution in [2.24, 2.45) is 82.9 Å². The van der Waals surface area contributed by atoms with Crippen LogP contribution < -0.4 is 0 Å². The minimum atomic E-state index is -0.423. The standard InChI is InChI=1S/C16H24O2.C14H22O2.C14H22.C13H20O2/c1-18-16(17)12-9-13-7-10-15(11-8-13)14-5-3-2-4-6-14;1-5-16-14(15)7-6-13-11(3)8-10(2)9-12(13)4;1-2-12-8-10-14(11-9-12)13-6-4-3-5-7-13;1-9-7-10(2)12(11(3)8-9)5-6-13(14)15-4/h13-15H,2-8,10-11H2,1H3;10-13H,5,8-9H2,1-4H3;1,12-14H,3-11H2;9-12H,7-8H2,1-4H3. The smallest absolute Gasteiger partial charge is 0.384 e. The van der Waals surface area contributed by atoms with Gasteiger partial charge in [0.05, 0.1) is 20.8 Å². The molecule has 6 aliphatic carbocycles. The molecule has 0 amide bonds. The van der Waals surface area contributed by atoms with Gasteiger partial charge in [0.2, 0.25) is 0 Å². The lowest BCUT2D eigenvalue weighted by atomic mass is 9.70. The van der Waals surface area contributed by atoms with Crippen molar-refractivity contribution in [2.45, 2.75) is 190 Å². The summed E-state index contributed by atoms with van der Waals surface area (Å²) in [5.41, 5.74) is 0. The summed E-state index contributed by atoms with van der Waals surface area (Å²) < 4.78 is 13.9. The zero-order valence-corrected chi connectivity index (χ0v) is 41.4. The third-order valence-electron chi connectivity index (χ3n) is 15.7. The zero-order chi connectivity index (χ0) is 46.1. The van der Waals surface area contributed by atoms with Crippen molar-refractivity contribution in [2.75, 3.05) is 20.8 Å². The first kappa shape index (κ1) is 54.0. The van der Waals surface area contributed by atoms with Crippen LogP contribution in [0.1, 0.15) is 190 Å². The first-order chi connectivity index (χ1) is 30.3. The minimum absolute atomic E-state index is 0.347. The molecule has 6 rings (SSSR count). The number of terminal acetylenes is 1. The monoisotopic (exact) mass is 869 g/mol. The van der Waals surface area contributed by atoms with Gasteiger partial charge in [-0.1, -0.05) is 124 Å². The Bertz CT molecular complexity index is 1550. The normalized spacial score (nSPS) is 33.1. The van der Waals surface area contributed by atoms with Crippen LogP contribution in [0, 0.1) is 131 Å². The van der Waals surface area contributed by atoms with Crippen LogP contribution in [0.25, 0.3) is 0 Å².